The first-order valence-corrected chi connectivity index (χ1v) is 6.14. The summed E-state index contributed by atoms with van der Waals surface area (Å²) in [7, 11) is 0. The fourth-order valence-corrected chi connectivity index (χ4v) is 2.37. The van der Waals surface area contributed by atoms with Gasteiger partial charge in [0, 0.05) is 6.04 Å². The molecule has 0 radical (unpaired) electrons. The molecule has 0 aliphatic carbocycles. The Morgan fingerprint density at radius 2 is 2.00 bits per heavy atom. The second-order valence-electron chi connectivity index (χ2n) is 4.78. The van der Waals surface area contributed by atoms with Gasteiger partial charge >= 0.3 is 12.1 Å². The van der Waals surface area contributed by atoms with Crippen molar-refractivity contribution in [3.63, 3.8) is 0 Å². The van der Waals surface area contributed by atoms with E-state index in [2.05, 4.69) is 5.32 Å². The topological polar surface area (TPSA) is 49.3 Å². The van der Waals surface area contributed by atoms with E-state index in [9.17, 15) is 22.4 Å². The maximum atomic E-state index is 13.2. The number of carboxylic acid groups (broad SMARTS) is 1. The van der Waals surface area contributed by atoms with Crippen LogP contribution in [0.25, 0.3) is 0 Å². The minimum atomic E-state index is -4.76. The molecule has 0 bridgehead atoms. The summed E-state index contributed by atoms with van der Waals surface area (Å²) >= 11 is 0. The molecular formula is C13H13F4NO2. The third kappa shape index (κ3) is 3.09. The molecule has 1 aliphatic rings. The van der Waals surface area contributed by atoms with Crippen molar-refractivity contribution in [3.8, 4) is 0 Å². The molecule has 1 fully saturated rings. The Bertz CT molecular complexity index is 516. The highest BCUT2D eigenvalue weighted by Crippen LogP contribution is 2.34. The van der Waals surface area contributed by atoms with Crippen LogP contribution in [0, 0.1) is 5.82 Å². The lowest BCUT2D eigenvalue weighted by Gasteiger charge is -2.29. The molecule has 0 amide bonds. The number of halogens is 4. The Balaban J connectivity index is 2.27. The van der Waals surface area contributed by atoms with Crippen LogP contribution in [0.1, 0.15) is 36.4 Å². The molecule has 1 saturated heterocycles. The number of aliphatic carboxylic acids is 1. The largest absolute Gasteiger partial charge is 0.480 e. The minimum absolute atomic E-state index is 0.254. The highest BCUT2D eigenvalue weighted by Gasteiger charge is 2.35. The van der Waals surface area contributed by atoms with Crippen molar-refractivity contribution in [2.24, 2.45) is 0 Å². The lowest BCUT2D eigenvalue weighted by Crippen LogP contribution is -2.42. The van der Waals surface area contributed by atoms with Crippen molar-refractivity contribution in [1.82, 2.24) is 5.32 Å². The van der Waals surface area contributed by atoms with Crippen LogP contribution in [-0.4, -0.2) is 17.1 Å². The molecule has 7 heteroatoms. The Kier molecular flexibility index (Phi) is 3.99. The summed E-state index contributed by atoms with van der Waals surface area (Å²) in [5.74, 6) is -2.36. The summed E-state index contributed by atoms with van der Waals surface area (Å²) in [6.07, 6.45) is -3.22. The van der Waals surface area contributed by atoms with E-state index in [1.54, 1.807) is 0 Å². The monoisotopic (exact) mass is 291 g/mol. The van der Waals surface area contributed by atoms with Gasteiger partial charge in [-0.05, 0) is 37.0 Å². The Hall–Kier alpha value is -1.63. The molecule has 1 aromatic carbocycles. The molecule has 0 saturated carbocycles. The van der Waals surface area contributed by atoms with Crippen molar-refractivity contribution < 1.29 is 27.5 Å². The van der Waals surface area contributed by atoms with E-state index >= 15 is 0 Å². The third-order valence-electron chi connectivity index (χ3n) is 3.38. The molecule has 2 rings (SSSR count). The first-order valence-electron chi connectivity index (χ1n) is 6.14. The Labute approximate surface area is 112 Å². The number of hydrogen-bond donors (Lipinski definition) is 2. The number of piperidine rings is 1. The normalized spacial score (nSPS) is 23.6. The number of hydrogen-bond acceptors (Lipinski definition) is 2. The average Bonchev–Trinajstić information content (AvgIpc) is 2.38. The maximum absolute atomic E-state index is 13.2. The van der Waals surface area contributed by atoms with E-state index in [0.29, 0.717) is 19.3 Å². The van der Waals surface area contributed by atoms with Crippen LogP contribution in [0.3, 0.4) is 0 Å². The lowest BCUT2D eigenvalue weighted by molar-refractivity contribution is -0.141. The van der Waals surface area contributed by atoms with Crippen molar-refractivity contribution in [1.29, 1.82) is 0 Å². The van der Waals surface area contributed by atoms with E-state index in [0.717, 1.165) is 12.1 Å². The highest BCUT2D eigenvalue weighted by molar-refractivity contribution is 5.73. The molecule has 1 heterocycles. The number of benzene rings is 1. The van der Waals surface area contributed by atoms with Crippen LogP contribution in [0.2, 0.25) is 0 Å². The first kappa shape index (κ1) is 14.8. The van der Waals surface area contributed by atoms with E-state index in [-0.39, 0.29) is 5.56 Å². The lowest BCUT2D eigenvalue weighted by atomic mass is 9.92. The number of rotatable bonds is 2. The van der Waals surface area contributed by atoms with Gasteiger partial charge in [0.2, 0.25) is 0 Å². The number of carbonyl (C=O) groups is 1. The Morgan fingerprint density at radius 3 is 2.60 bits per heavy atom. The van der Waals surface area contributed by atoms with Crippen LogP contribution in [0.4, 0.5) is 17.6 Å². The van der Waals surface area contributed by atoms with Gasteiger partial charge in [0.25, 0.3) is 0 Å². The summed E-state index contributed by atoms with van der Waals surface area (Å²) in [4.78, 5) is 10.9. The molecule has 2 unspecified atom stereocenters. The smallest absolute Gasteiger partial charge is 0.419 e. The van der Waals surface area contributed by atoms with Gasteiger partial charge in [-0.1, -0.05) is 6.07 Å². The zero-order chi connectivity index (χ0) is 14.9. The standard InChI is InChI=1S/C13H13F4NO2/c14-9-5-4-7(6-8(9)13(15,16)17)10-2-1-3-11(18-10)12(19)20/h4-6,10-11,18H,1-3H2,(H,19,20). The van der Waals surface area contributed by atoms with E-state index in [1.807, 2.05) is 0 Å². The molecule has 2 N–H and O–H groups in total. The van der Waals surface area contributed by atoms with E-state index < -0.39 is 35.6 Å². The van der Waals surface area contributed by atoms with Gasteiger partial charge in [0.05, 0.1) is 5.56 Å². The summed E-state index contributed by atoms with van der Waals surface area (Å²) in [6, 6.07) is 1.48. The second kappa shape index (κ2) is 5.40. The minimum Gasteiger partial charge on any atom is -0.480 e. The zero-order valence-corrected chi connectivity index (χ0v) is 10.4. The third-order valence-corrected chi connectivity index (χ3v) is 3.38. The van der Waals surface area contributed by atoms with Crippen LogP contribution in [0.15, 0.2) is 18.2 Å². The van der Waals surface area contributed by atoms with Crippen LogP contribution in [-0.2, 0) is 11.0 Å². The molecular weight excluding hydrogens is 278 g/mol. The van der Waals surface area contributed by atoms with Gasteiger partial charge in [0.15, 0.2) is 0 Å². The molecule has 1 aliphatic heterocycles. The first-order chi connectivity index (χ1) is 9.29. The maximum Gasteiger partial charge on any atom is 0.419 e. The molecule has 2 atom stereocenters. The molecule has 20 heavy (non-hydrogen) atoms. The predicted octanol–water partition coefficient (Wildman–Crippen LogP) is 3.11. The van der Waals surface area contributed by atoms with Crippen LogP contribution >= 0.6 is 0 Å². The molecule has 3 nitrogen and oxygen atoms in total. The summed E-state index contributed by atoms with van der Waals surface area (Å²) < 4.78 is 51.1. The van der Waals surface area contributed by atoms with Gasteiger partial charge in [0.1, 0.15) is 11.9 Å². The second-order valence-corrected chi connectivity index (χ2v) is 4.78. The number of nitrogens with one attached hydrogen (secondary N) is 1. The van der Waals surface area contributed by atoms with Gasteiger partial charge in [-0.15, -0.1) is 0 Å². The van der Waals surface area contributed by atoms with Crippen molar-refractivity contribution in [2.75, 3.05) is 0 Å². The molecule has 1 aromatic rings. The van der Waals surface area contributed by atoms with E-state index in [1.165, 1.54) is 6.07 Å². The van der Waals surface area contributed by atoms with Gasteiger partial charge < -0.3 is 5.11 Å². The quantitative estimate of drug-likeness (QED) is 0.823. The SMILES string of the molecule is O=C(O)C1CCCC(c2ccc(F)c(C(F)(F)F)c2)N1. The van der Waals surface area contributed by atoms with Crippen molar-refractivity contribution in [3.05, 3.63) is 35.1 Å². The number of alkyl halides is 3. The van der Waals surface area contributed by atoms with Crippen LogP contribution < -0.4 is 5.32 Å². The van der Waals surface area contributed by atoms with E-state index in [4.69, 9.17) is 5.11 Å². The van der Waals surface area contributed by atoms with Crippen molar-refractivity contribution in [2.45, 2.75) is 37.5 Å². The molecule has 0 spiro atoms. The zero-order valence-electron chi connectivity index (χ0n) is 10.4. The Morgan fingerprint density at radius 1 is 1.30 bits per heavy atom. The van der Waals surface area contributed by atoms with Crippen LogP contribution in [0.5, 0.6) is 0 Å². The fourth-order valence-electron chi connectivity index (χ4n) is 2.37. The van der Waals surface area contributed by atoms with Gasteiger partial charge in [-0.25, -0.2) is 4.39 Å². The fraction of sp³-hybridized carbons (Fsp3) is 0.462. The van der Waals surface area contributed by atoms with Gasteiger partial charge in [-0.3, -0.25) is 10.1 Å². The van der Waals surface area contributed by atoms with Gasteiger partial charge in [-0.2, -0.15) is 13.2 Å². The predicted molar refractivity (Wildman–Crippen MR) is 62.6 cm³/mol. The average molecular weight is 291 g/mol. The highest BCUT2D eigenvalue weighted by atomic mass is 19.4. The summed E-state index contributed by atoms with van der Waals surface area (Å²) in [5, 5.41) is 11.7. The summed E-state index contributed by atoms with van der Waals surface area (Å²) in [5.41, 5.74) is -1.07. The van der Waals surface area contributed by atoms with Crippen molar-refractivity contribution >= 4 is 5.97 Å². The molecule has 110 valence electrons. The molecule has 0 aromatic heterocycles. The number of carboxylic acids is 1. The summed E-state index contributed by atoms with van der Waals surface area (Å²) in [6.45, 7) is 0.